The molecule has 0 radical (unpaired) electrons. The van der Waals surface area contributed by atoms with Crippen molar-refractivity contribution >= 4 is 6.41 Å². The molecule has 2 aromatic carbocycles. The fraction of sp³-hybridized carbons (Fsp3) is 0.500. The first-order valence-corrected chi connectivity index (χ1v) is 12.1. The van der Waals surface area contributed by atoms with Crippen molar-refractivity contribution in [3.8, 4) is 34.8 Å². The first-order chi connectivity index (χ1) is 17.4. The summed E-state index contributed by atoms with van der Waals surface area (Å²) in [5.74, 6) is 2.89. The monoisotopic (exact) mass is 498 g/mol. The largest absolute Gasteiger partial charge is 0.493 e. The van der Waals surface area contributed by atoms with Gasteiger partial charge in [-0.3, -0.25) is 4.79 Å². The predicted molar refractivity (Wildman–Crippen MR) is 138 cm³/mol. The molecule has 0 saturated carbocycles. The summed E-state index contributed by atoms with van der Waals surface area (Å²) in [6, 6.07) is 11.9. The lowest BCUT2D eigenvalue weighted by molar-refractivity contribution is -0.110. The normalized spacial score (nSPS) is 13.0. The van der Waals surface area contributed by atoms with E-state index in [4.69, 9.17) is 23.7 Å². The second kappa shape index (κ2) is 14.1. The van der Waals surface area contributed by atoms with E-state index in [0.717, 1.165) is 36.8 Å². The summed E-state index contributed by atoms with van der Waals surface area (Å²) in [5, 5.41) is 13.2. The molecule has 0 aromatic heterocycles. The Labute approximate surface area is 214 Å². The zero-order valence-corrected chi connectivity index (χ0v) is 22.2. The Bertz CT molecular complexity index is 1010. The molecule has 0 aliphatic rings. The van der Waals surface area contributed by atoms with E-state index < -0.39 is 5.41 Å². The number of benzene rings is 2. The molecule has 8 nitrogen and oxygen atoms in total. The second-order valence-corrected chi connectivity index (χ2v) is 8.63. The summed E-state index contributed by atoms with van der Waals surface area (Å²) in [6.45, 7) is 2.08. The van der Waals surface area contributed by atoms with Crippen molar-refractivity contribution < 1.29 is 28.5 Å². The van der Waals surface area contributed by atoms with Gasteiger partial charge in [0.15, 0.2) is 23.0 Å². The van der Waals surface area contributed by atoms with Crippen LogP contribution in [0.1, 0.15) is 50.2 Å². The van der Waals surface area contributed by atoms with Gasteiger partial charge in [0, 0.05) is 6.04 Å². The molecule has 2 rings (SSSR count). The van der Waals surface area contributed by atoms with Gasteiger partial charge in [0.05, 0.1) is 47.0 Å². The number of amides is 1. The fourth-order valence-electron chi connectivity index (χ4n) is 4.68. The number of nitrogens with zero attached hydrogens (tertiary/aromatic N) is 1. The van der Waals surface area contributed by atoms with Crippen LogP contribution in [0.3, 0.4) is 0 Å². The maximum Gasteiger partial charge on any atom is 0.207 e. The molecule has 0 heterocycles. The van der Waals surface area contributed by atoms with Crippen LogP contribution in [0.25, 0.3) is 0 Å². The third-order valence-corrected chi connectivity index (χ3v) is 6.49. The van der Waals surface area contributed by atoms with E-state index >= 15 is 0 Å². The highest BCUT2D eigenvalue weighted by atomic mass is 16.5. The predicted octanol–water partition coefficient (Wildman–Crippen LogP) is 4.82. The van der Waals surface area contributed by atoms with E-state index in [2.05, 4.69) is 18.3 Å². The zero-order chi connectivity index (χ0) is 26.6. The highest BCUT2D eigenvalue weighted by Gasteiger charge is 2.32. The third kappa shape index (κ3) is 6.75. The van der Waals surface area contributed by atoms with Gasteiger partial charge in [-0.2, -0.15) is 5.26 Å². The lowest BCUT2D eigenvalue weighted by atomic mass is 9.74. The molecule has 0 fully saturated rings. The van der Waals surface area contributed by atoms with Crippen molar-refractivity contribution in [1.82, 2.24) is 5.32 Å². The molecule has 0 unspecified atom stereocenters. The van der Waals surface area contributed by atoms with E-state index in [1.165, 1.54) is 0 Å². The molecule has 1 N–H and O–H groups in total. The molecular formula is C28H38N2O6. The summed E-state index contributed by atoms with van der Waals surface area (Å²) in [6.07, 6.45) is 4.99. The zero-order valence-electron chi connectivity index (χ0n) is 22.2. The number of nitriles is 1. The van der Waals surface area contributed by atoms with Gasteiger partial charge in [-0.1, -0.05) is 19.4 Å². The minimum Gasteiger partial charge on any atom is -0.493 e. The van der Waals surface area contributed by atoms with Gasteiger partial charge >= 0.3 is 0 Å². The Morgan fingerprint density at radius 2 is 1.56 bits per heavy atom. The average molecular weight is 499 g/mol. The molecule has 2 atom stereocenters. The van der Waals surface area contributed by atoms with Crippen LogP contribution in [0.15, 0.2) is 30.3 Å². The number of carbonyl (C=O) groups excluding carboxylic acids is 1. The smallest absolute Gasteiger partial charge is 0.207 e. The van der Waals surface area contributed by atoms with Crippen molar-refractivity contribution in [3.05, 3.63) is 41.5 Å². The highest BCUT2D eigenvalue weighted by Crippen LogP contribution is 2.40. The van der Waals surface area contributed by atoms with Crippen molar-refractivity contribution in [2.45, 2.75) is 56.9 Å². The van der Waals surface area contributed by atoms with Gasteiger partial charge in [-0.05, 0) is 67.5 Å². The van der Waals surface area contributed by atoms with Crippen LogP contribution in [0, 0.1) is 11.3 Å². The number of hydrogen-bond acceptors (Lipinski definition) is 7. The van der Waals surface area contributed by atoms with Crippen LogP contribution in [-0.4, -0.2) is 48.0 Å². The van der Waals surface area contributed by atoms with E-state index in [9.17, 15) is 10.1 Å². The van der Waals surface area contributed by atoms with E-state index in [1.807, 2.05) is 30.3 Å². The Hall–Kier alpha value is -3.60. The number of nitrogens with one attached hydrogen (secondary N) is 1. The molecule has 0 spiro atoms. The first-order valence-electron chi connectivity index (χ1n) is 12.1. The van der Waals surface area contributed by atoms with Crippen molar-refractivity contribution in [2.75, 3.05) is 35.5 Å². The standard InChI is InChI=1S/C28H38N2O6/c1-7-12-28(18-29,21-10-11-23(32-2)24(17-21)33-3)13-8-9-22(30-19-31)14-20-15-25(34-4)27(36-6)26(16-20)35-5/h10-11,15-17,19,22H,7-9,12-14H2,1-6H3,(H,30,31)/t22-,28+/m0/s1. The summed E-state index contributed by atoms with van der Waals surface area (Å²) in [5.41, 5.74) is 1.20. The fourth-order valence-corrected chi connectivity index (χ4v) is 4.68. The lowest BCUT2D eigenvalue weighted by Gasteiger charge is -2.28. The van der Waals surface area contributed by atoms with Crippen LogP contribution in [0.2, 0.25) is 0 Å². The maximum absolute atomic E-state index is 11.4. The van der Waals surface area contributed by atoms with E-state index in [-0.39, 0.29) is 6.04 Å². The molecule has 8 heteroatoms. The Balaban J connectivity index is 2.23. The molecule has 196 valence electrons. The van der Waals surface area contributed by atoms with Crippen LogP contribution in [0.4, 0.5) is 0 Å². The van der Waals surface area contributed by atoms with Gasteiger partial charge in [0.25, 0.3) is 0 Å². The number of ether oxygens (including phenoxy) is 5. The molecule has 2 aromatic rings. The minimum atomic E-state index is -0.660. The van der Waals surface area contributed by atoms with E-state index in [0.29, 0.717) is 48.0 Å². The maximum atomic E-state index is 11.4. The van der Waals surface area contributed by atoms with Crippen LogP contribution >= 0.6 is 0 Å². The highest BCUT2D eigenvalue weighted by molar-refractivity contribution is 5.54. The molecule has 0 saturated heterocycles. The number of hydrogen-bond donors (Lipinski definition) is 1. The van der Waals surface area contributed by atoms with Gasteiger partial charge in [-0.15, -0.1) is 0 Å². The first kappa shape index (κ1) is 28.6. The summed E-state index contributed by atoms with van der Waals surface area (Å²) in [4.78, 5) is 11.4. The molecule has 0 bridgehead atoms. The van der Waals surface area contributed by atoms with Crippen molar-refractivity contribution in [2.24, 2.45) is 0 Å². The Kier molecular flexibility index (Phi) is 11.2. The van der Waals surface area contributed by atoms with Crippen LogP contribution in [0.5, 0.6) is 28.7 Å². The summed E-state index contributed by atoms with van der Waals surface area (Å²) in [7, 11) is 7.90. The third-order valence-electron chi connectivity index (χ3n) is 6.49. The van der Waals surface area contributed by atoms with Crippen LogP contribution < -0.4 is 29.0 Å². The molecule has 0 aliphatic heterocycles. The number of methoxy groups -OCH3 is 5. The summed E-state index contributed by atoms with van der Waals surface area (Å²) >= 11 is 0. The lowest BCUT2D eigenvalue weighted by Crippen LogP contribution is -2.31. The second-order valence-electron chi connectivity index (χ2n) is 8.63. The van der Waals surface area contributed by atoms with E-state index in [1.54, 1.807) is 35.5 Å². The van der Waals surface area contributed by atoms with Crippen molar-refractivity contribution in [3.63, 3.8) is 0 Å². The Morgan fingerprint density at radius 1 is 0.917 bits per heavy atom. The Morgan fingerprint density at radius 3 is 2.06 bits per heavy atom. The average Bonchev–Trinajstić information content (AvgIpc) is 2.91. The quantitative estimate of drug-likeness (QED) is 0.331. The number of rotatable bonds is 16. The van der Waals surface area contributed by atoms with Crippen LogP contribution in [-0.2, 0) is 16.6 Å². The SMILES string of the molecule is CCC[C@](C#N)(CCC[C@@H](Cc1cc(OC)c(OC)c(OC)c1)NC=O)c1ccc(OC)c(OC)c1. The van der Waals surface area contributed by atoms with Crippen molar-refractivity contribution in [1.29, 1.82) is 5.26 Å². The molecule has 36 heavy (non-hydrogen) atoms. The number of carbonyl (C=O) groups is 1. The summed E-state index contributed by atoms with van der Waals surface area (Å²) < 4.78 is 27.2. The van der Waals surface area contributed by atoms with Gasteiger partial charge < -0.3 is 29.0 Å². The topological polar surface area (TPSA) is 99.0 Å². The molecular weight excluding hydrogens is 460 g/mol. The molecule has 1 amide bonds. The minimum absolute atomic E-state index is 0.117. The van der Waals surface area contributed by atoms with Gasteiger partial charge in [-0.25, -0.2) is 0 Å². The van der Waals surface area contributed by atoms with Gasteiger partial charge in [0.2, 0.25) is 12.2 Å². The van der Waals surface area contributed by atoms with Gasteiger partial charge in [0.1, 0.15) is 0 Å². The molecule has 0 aliphatic carbocycles.